The standard InChI is InChI=1S/C16H12ClFN2O3/c1-22-16(21)23-12-6-7-13-14(8-12)20(15(17)19-13)9-10-2-4-11(18)5-3-10/h2-8H,9H2,1H3. The maximum atomic E-state index is 13.0. The van der Waals surface area contributed by atoms with E-state index >= 15 is 0 Å². The van der Waals surface area contributed by atoms with E-state index in [4.69, 9.17) is 16.3 Å². The number of carbonyl (C=O) groups excluding carboxylic acids is 1. The summed E-state index contributed by atoms with van der Waals surface area (Å²) in [5.41, 5.74) is 2.22. The second-order valence-corrected chi connectivity index (χ2v) is 5.14. The van der Waals surface area contributed by atoms with Crippen LogP contribution in [0.4, 0.5) is 9.18 Å². The van der Waals surface area contributed by atoms with Crippen molar-refractivity contribution in [2.24, 2.45) is 0 Å². The minimum absolute atomic E-state index is 0.291. The Morgan fingerprint density at radius 1 is 1.26 bits per heavy atom. The number of nitrogens with zero attached hydrogens (tertiary/aromatic N) is 2. The van der Waals surface area contributed by atoms with Gasteiger partial charge in [0.2, 0.25) is 5.28 Å². The van der Waals surface area contributed by atoms with Crippen molar-refractivity contribution in [2.75, 3.05) is 7.11 Å². The summed E-state index contributed by atoms with van der Waals surface area (Å²) in [5, 5.41) is 0.291. The number of hydrogen-bond donors (Lipinski definition) is 0. The third-order valence-electron chi connectivity index (χ3n) is 3.29. The number of benzene rings is 2. The zero-order valence-corrected chi connectivity index (χ0v) is 12.9. The molecule has 0 aliphatic heterocycles. The molecule has 0 spiro atoms. The highest BCUT2D eigenvalue weighted by atomic mass is 35.5. The molecular formula is C16H12ClFN2O3. The van der Waals surface area contributed by atoms with Crippen LogP contribution in [0, 0.1) is 5.82 Å². The van der Waals surface area contributed by atoms with Gasteiger partial charge in [-0.25, -0.2) is 14.2 Å². The van der Waals surface area contributed by atoms with E-state index in [2.05, 4.69) is 9.72 Å². The molecule has 0 N–H and O–H groups in total. The first-order chi connectivity index (χ1) is 11.1. The number of carbonyl (C=O) groups is 1. The molecule has 1 heterocycles. The topological polar surface area (TPSA) is 53.4 Å². The van der Waals surface area contributed by atoms with Gasteiger partial charge in [-0.05, 0) is 41.4 Å². The summed E-state index contributed by atoms with van der Waals surface area (Å²) in [6.45, 7) is 0.414. The van der Waals surface area contributed by atoms with Crippen molar-refractivity contribution in [3.05, 3.63) is 59.1 Å². The maximum absolute atomic E-state index is 13.0. The second kappa shape index (κ2) is 6.26. The number of aromatic nitrogens is 2. The van der Waals surface area contributed by atoms with Gasteiger partial charge in [-0.15, -0.1) is 0 Å². The minimum atomic E-state index is -0.806. The van der Waals surface area contributed by atoms with Crippen molar-refractivity contribution in [3.63, 3.8) is 0 Å². The lowest BCUT2D eigenvalue weighted by molar-refractivity contribution is 0.121. The quantitative estimate of drug-likeness (QED) is 0.536. The van der Waals surface area contributed by atoms with Crippen LogP contribution in [0.15, 0.2) is 42.5 Å². The molecule has 0 radical (unpaired) electrons. The van der Waals surface area contributed by atoms with Crippen LogP contribution in [-0.4, -0.2) is 22.8 Å². The highest BCUT2D eigenvalue weighted by Crippen LogP contribution is 2.25. The predicted octanol–water partition coefficient (Wildman–Crippen LogP) is 4.02. The molecule has 0 saturated carbocycles. The molecule has 7 heteroatoms. The lowest BCUT2D eigenvalue weighted by Crippen LogP contribution is -2.07. The van der Waals surface area contributed by atoms with Crippen LogP contribution in [0.3, 0.4) is 0 Å². The molecule has 3 rings (SSSR count). The second-order valence-electron chi connectivity index (χ2n) is 4.80. The summed E-state index contributed by atoms with van der Waals surface area (Å²) >= 11 is 6.18. The molecular weight excluding hydrogens is 323 g/mol. The minimum Gasteiger partial charge on any atom is -0.437 e. The molecule has 0 bridgehead atoms. The van der Waals surface area contributed by atoms with E-state index < -0.39 is 6.16 Å². The molecule has 5 nitrogen and oxygen atoms in total. The van der Waals surface area contributed by atoms with Gasteiger partial charge in [0.25, 0.3) is 0 Å². The maximum Gasteiger partial charge on any atom is 0.513 e. The Morgan fingerprint density at radius 3 is 2.70 bits per heavy atom. The molecule has 0 aliphatic rings. The van der Waals surface area contributed by atoms with Gasteiger partial charge < -0.3 is 14.0 Å². The van der Waals surface area contributed by atoms with Gasteiger partial charge in [-0.3, -0.25) is 0 Å². The first-order valence-electron chi connectivity index (χ1n) is 6.73. The Morgan fingerprint density at radius 2 is 2.00 bits per heavy atom. The fourth-order valence-electron chi connectivity index (χ4n) is 2.20. The van der Waals surface area contributed by atoms with Crippen LogP contribution in [-0.2, 0) is 11.3 Å². The van der Waals surface area contributed by atoms with Crippen molar-refractivity contribution in [1.29, 1.82) is 0 Å². The summed E-state index contributed by atoms with van der Waals surface area (Å²) < 4.78 is 24.2. The molecule has 1 aromatic heterocycles. The van der Waals surface area contributed by atoms with E-state index in [1.165, 1.54) is 19.2 Å². The first-order valence-corrected chi connectivity index (χ1v) is 7.10. The van der Waals surface area contributed by atoms with Gasteiger partial charge in [-0.1, -0.05) is 12.1 Å². The number of fused-ring (bicyclic) bond motifs is 1. The fourth-order valence-corrected chi connectivity index (χ4v) is 2.44. The average molecular weight is 335 g/mol. The van der Waals surface area contributed by atoms with Gasteiger partial charge in [0.05, 0.1) is 24.7 Å². The Balaban J connectivity index is 1.98. The number of halogens is 2. The fraction of sp³-hybridized carbons (Fsp3) is 0.125. The van der Waals surface area contributed by atoms with E-state index in [-0.39, 0.29) is 5.82 Å². The molecule has 0 amide bonds. The first kappa shape index (κ1) is 15.3. The van der Waals surface area contributed by atoms with E-state index in [0.29, 0.717) is 28.6 Å². The van der Waals surface area contributed by atoms with Crippen molar-refractivity contribution < 1.29 is 18.7 Å². The molecule has 23 heavy (non-hydrogen) atoms. The van der Waals surface area contributed by atoms with Crippen molar-refractivity contribution in [3.8, 4) is 5.75 Å². The number of ether oxygens (including phenoxy) is 2. The van der Waals surface area contributed by atoms with Crippen LogP contribution in [0.25, 0.3) is 11.0 Å². The molecule has 0 aliphatic carbocycles. The lowest BCUT2D eigenvalue weighted by atomic mass is 10.2. The number of rotatable bonds is 3. The SMILES string of the molecule is COC(=O)Oc1ccc2nc(Cl)n(Cc3ccc(F)cc3)c2c1. The van der Waals surface area contributed by atoms with Crippen LogP contribution in [0.2, 0.25) is 5.28 Å². The van der Waals surface area contributed by atoms with Gasteiger partial charge in [0.1, 0.15) is 11.6 Å². The van der Waals surface area contributed by atoms with Crippen molar-refractivity contribution >= 4 is 28.8 Å². The third-order valence-corrected chi connectivity index (χ3v) is 3.58. The Hall–Kier alpha value is -2.60. The molecule has 0 atom stereocenters. The zero-order valence-electron chi connectivity index (χ0n) is 12.1. The van der Waals surface area contributed by atoms with Gasteiger partial charge in [0.15, 0.2) is 0 Å². The van der Waals surface area contributed by atoms with Crippen LogP contribution >= 0.6 is 11.6 Å². The van der Waals surface area contributed by atoms with Crippen LogP contribution in [0.5, 0.6) is 5.75 Å². The highest BCUT2D eigenvalue weighted by molar-refractivity contribution is 6.29. The smallest absolute Gasteiger partial charge is 0.437 e. The zero-order chi connectivity index (χ0) is 16.4. The van der Waals surface area contributed by atoms with Crippen molar-refractivity contribution in [1.82, 2.24) is 9.55 Å². The Labute approximate surface area is 136 Å². The number of methoxy groups -OCH3 is 1. The van der Waals surface area contributed by atoms with E-state index in [0.717, 1.165) is 5.56 Å². The monoisotopic (exact) mass is 334 g/mol. The van der Waals surface area contributed by atoms with Gasteiger partial charge in [-0.2, -0.15) is 0 Å². The van der Waals surface area contributed by atoms with Gasteiger partial charge in [0, 0.05) is 6.07 Å². The highest BCUT2D eigenvalue weighted by Gasteiger charge is 2.12. The molecule has 118 valence electrons. The molecule has 0 saturated heterocycles. The molecule has 2 aromatic carbocycles. The Bertz CT molecular complexity index is 862. The largest absolute Gasteiger partial charge is 0.513 e. The molecule has 0 unspecified atom stereocenters. The summed E-state index contributed by atoms with van der Waals surface area (Å²) in [5.74, 6) is 0.0189. The summed E-state index contributed by atoms with van der Waals surface area (Å²) in [6, 6.07) is 11.1. The molecule has 3 aromatic rings. The van der Waals surface area contributed by atoms with E-state index in [1.54, 1.807) is 34.9 Å². The number of hydrogen-bond acceptors (Lipinski definition) is 4. The average Bonchev–Trinajstić information content (AvgIpc) is 2.85. The lowest BCUT2D eigenvalue weighted by Gasteiger charge is -2.07. The molecule has 0 fully saturated rings. The van der Waals surface area contributed by atoms with Gasteiger partial charge >= 0.3 is 6.16 Å². The number of imidazole rings is 1. The van der Waals surface area contributed by atoms with E-state index in [9.17, 15) is 9.18 Å². The van der Waals surface area contributed by atoms with Crippen LogP contribution in [0.1, 0.15) is 5.56 Å². The summed E-state index contributed by atoms with van der Waals surface area (Å²) in [4.78, 5) is 15.5. The summed E-state index contributed by atoms with van der Waals surface area (Å²) in [6.07, 6.45) is -0.806. The Kier molecular flexibility index (Phi) is 4.16. The van der Waals surface area contributed by atoms with E-state index in [1.807, 2.05) is 0 Å². The summed E-state index contributed by atoms with van der Waals surface area (Å²) in [7, 11) is 1.23. The third kappa shape index (κ3) is 3.27. The van der Waals surface area contributed by atoms with Crippen molar-refractivity contribution in [2.45, 2.75) is 6.54 Å². The predicted molar refractivity (Wildman–Crippen MR) is 83.3 cm³/mol. The normalized spacial score (nSPS) is 10.7. The van der Waals surface area contributed by atoms with Crippen LogP contribution < -0.4 is 4.74 Å².